The molecule has 0 atom stereocenters. The predicted octanol–water partition coefficient (Wildman–Crippen LogP) is 3.46. The van der Waals surface area contributed by atoms with Crippen LogP contribution in [0, 0.1) is 0 Å². The summed E-state index contributed by atoms with van der Waals surface area (Å²) in [6.07, 6.45) is 10.1. The molecule has 0 rings (SSSR count). The normalized spacial score (nSPS) is 10.6. The average molecular weight is 190 g/mol. The molecule has 0 spiro atoms. The lowest BCUT2D eigenvalue weighted by molar-refractivity contribution is 0.282. The molecule has 0 aliphatic rings. The lowest BCUT2D eigenvalue weighted by Gasteiger charge is -2.00. The second kappa shape index (κ2) is 11.9. The van der Waals surface area contributed by atoms with Gasteiger partial charge in [0.05, 0.1) is 6.67 Å². The van der Waals surface area contributed by atoms with Crippen LogP contribution in [0.4, 0.5) is 4.39 Å². The molecule has 0 unspecified atom stereocenters. The van der Waals surface area contributed by atoms with Gasteiger partial charge in [-0.1, -0.05) is 44.9 Å². The van der Waals surface area contributed by atoms with Crippen molar-refractivity contribution in [3.05, 3.63) is 0 Å². The highest BCUT2D eigenvalue weighted by molar-refractivity contribution is 4.46. The van der Waals surface area contributed by atoms with Crippen molar-refractivity contribution in [3.63, 3.8) is 0 Å². The van der Waals surface area contributed by atoms with E-state index in [4.69, 9.17) is 5.11 Å². The molecular formula is C11H23FO. The van der Waals surface area contributed by atoms with Gasteiger partial charge in [0.2, 0.25) is 0 Å². The van der Waals surface area contributed by atoms with Gasteiger partial charge in [0, 0.05) is 6.61 Å². The largest absolute Gasteiger partial charge is 0.396 e. The number of aliphatic hydroxyl groups is 1. The molecule has 0 aromatic carbocycles. The maximum atomic E-state index is 11.7. The van der Waals surface area contributed by atoms with E-state index in [1.54, 1.807) is 0 Å². The molecule has 0 bridgehead atoms. The molecule has 0 amide bonds. The van der Waals surface area contributed by atoms with E-state index in [2.05, 4.69) is 0 Å². The minimum atomic E-state index is -0.156. The number of hydrogen-bond donors (Lipinski definition) is 1. The summed E-state index contributed by atoms with van der Waals surface area (Å²) in [6, 6.07) is 0. The summed E-state index contributed by atoms with van der Waals surface area (Å²) in [6.45, 7) is 0.174. The van der Waals surface area contributed by atoms with Gasteiger partial charge in [-0.05, 0) is 12.8 Å². The summed E-state index contributed by atoms with van der Waals surface area (Å²) >= 11 is 0. The van der Waals surface area contributed by atoms with Crippen molar-refractivity contribution in [1.29, 1.82) is 0 Å². The van der Waals surface area contributed by atoms with Gasteiger partial charge in [-0.25, -0.2) is 0 Å². The number of aliphatic hydroxyl groups excluding tert-OH is 1. The molecule has 1 nitrogen and oxygen atoms in total. The molecule has 0 radical (unpaired) electrons. The summed E-state index contributed by atoms with van der Waals surface area (Å²) in [5.41, 5.74) is 0. The van der Waals surface area contributed by atoms with Crippen LogP contribution in [0.25, 0.3) is 0 Å². The summed E-state index contributed by atoms with van der Waals surface area (Å²) in [4.78, 5) is 0. The molecule has 1 N–H and O–H groups in total. The molecule has 80 valence electrons. The first-order chi connectivity index (χ1) is 6.41. The van der Waals surface area contributed by atoms with Crippen molar-refractivity contribution < 1.29 is 9.50 Å². The molecule has 0 aliphatic carbocycles. The first-order valence-corrected chi connectivity index (χ1v) is 5.58. The minimum absolute atomic E-state index is 0.156. The van der Waals surface area contributed by atoms with Gasteiger partial charge >= 0.3 is 0 Å². The van der Waals surface area contributed by atoms with Crippen LogP contribution in [0.5, 0.6) is 0 Å². The highest BCUT2D eigenvalue weighted by Crippen LogP contribution is 2.09. The third-order valence-corrected chi connectivity index (χ3v) is 2.29. The molecule has 0 aromatic heterocycles. The van der Waals surface area contributed by atoms with Gasteiger partial charge in [0.1, 0.15) is 0 Å². The van der Waals surface area contributed by atoms with Crippen LogP contribution in [0.1, 0.15) is 57.8 Å². The fraction of sp³-hybridized carbons (Fsp3) is 1.00. The Kier molecular flexibility index (Phi) is 11.8. The Morgan fingerprint density at radius 1 is 0.615 bits per heavy atom. The maximum absolute atomic E-state index is 11.7. The monoisotopic (exact) mass is 190 g/mol. The second-order valence-corrected chi connectivity index (χ2v) is 3.59. The second-order valence-electron chi connectivity index (χ2n) is 3.59. The Bertz CT molecular complexity index is 76.2. The third-order valence-electron chi connectivity index (χ3n) is 2.29. The van der Waals surface area contributed by atoms with Crippen LogP contribution in [0.2, 0.25) is 0 Å². The molecule has 0 saturated carbocycles. The lowest BCUT2D eigenvalue weighted by atomic mass is 10.1. The highest BCUT2D eigenvalue weighted by atomic mass is 19.1. The van der Waals surface area contributed by atoms with Crippen molar-refractivity contribution >= 4 is 0 Å². The van der Waals surface area contributed by atoms with Gasteiger partial charge in [-0.2, -0.15) is 0 Å². The van der Waals surface area contributed by atoms with Crippen LogP contribution in [0.15, 0.2) is 0 Å². The van der Waals surface area contributed by atoms with E-state index in [1.165, 1.54) is 32.1 Å². The average Bonchev–Trinajstić information content (AvgIpc) is 2.16. The smallest absolute Gasteiger partial charge is 0.0894 e. The zero-order valence-corrected chi connectivity index (χ0v) is 8.60. The van der Waals surface area contributed by atoms with E-state index in [-0.39, 0.29) is 6.67 Å². The Morgan fingerprint density at radius 2 is 1.00 bits per heavy atom. The Morgan fingerprint density at radius 3 is 1.38 bits per heavy atom. The molecule has 0 fully saturated rings. The molecule has 0 saturated heterocycles. The van der Waals surface area contributed by atoms with Crippen molar-refractivity contribution in [2.24, 2.45) is 0 Å². The molecule has 0 heterocycles. The lowest BCUT2D eigenvalue weighted by Crippen LogP contribution is -1.84. The van der Waals surface area contributed by atoms with Gasteiger partial charge in [-0.15, -0.1) is 0 Å². The van der Waals surface area contributed by atoms with E-state index in [1.807, 2.05) is 0 Å². The van der Waals surface area contributed by atoms with Crippen LogP contribution in [-0.4, -0.2) is 18.4 Å². The molecule has 0 aliphatic heterocycles. The van der Waals surface area contributed by atoms with Crippen LogP contribution in [0.3, 0.4) is 0 Å². The Balaban J connectivity index is 2.76. The molecular weight excluding hydrogens is 167 g/mol. The fourth-order valence-corrected chi connectivity index (χ4v) is 1.44. The minimum Gasteiger partial charge on any atom is -0.396 e. The quantitative estimate of drug-likeness (QED) is 0.523. The predicted molar refractivity (Wildman–Crippen MR) is 54.6 cm³/mol. The summed E-state index contributed by atoms with van der Waals surface area (Å²) in [7, 11) is 0. The molecule has 0 aromatic rings. The number of unbranched alkanes of at least 4 members (excludes halogenated alkanes) is 8. The van der Waals surface area contributed by atoms with E-state index < -0.39 is 0 Å². The maximum Gasteiger partial charge on any atom is 0.0894 e. The van der Waals surface area contributed by atoms with Crippen molar-refractivity contribution in [1.82, 2.24) is 0 Å². The SMILES string of the molecule is OCCCCCCCCCCCF. The summed E-state index contributed by atoms with van der Waals surface area (Å²) in [5.74, 6) is 0. The zero-order valence-electron chi connectivity index (χ0n) is 8.60. The van der Waals surface area contributed by atoms with E-state index in [9.17, 15) is 4.39 Å². The first-order valence-electron chi connectivity index (χ1n) is 5.58. The first kappa shape index (κ1) is 12.9. The molecule has 2 heteroatoms. The van der Waals surface area contributed by atoms with E-state index >= 15 is 0 Å². The zero-order chi connectivity index (χ0) is 9.78. The van der Waals surface area contributed by atoms with Crippen LogP contribution in [-0.2, 0) is 0 Å². The van der Waals surface area contributed by atoms with E-state index in [0.29, 0.717) is 6.61 Å². The fourth-order valence-electron chi connectivity index (χ4n) is 1.44. The van der Waals surface area contributed by atoms with Gasteiger partial charge in [0.25, 0.3) is 0 Å². The number of rotatable bonds is 10. The summed E-state index contributed by atoms with van der Waals surface area (Å²) in [5, 5.41) is 8.53. The van der Waals surface area contributed by atoms with Crippen molar-refractivity contribution in [2.45, 2.75) is 57.8 Å². The van der Waals surface area contributed by atoms with Gasteiger partial charge in [0.15, 0.2) is 0 Å². The number of hydrogen-bond acceptors (Lipinski definition) is 1. The number of alkyl halides is 1. The van der Waals surface area contributed by atoms with Crippen molar-refractivity contribution in [3.8, 4) is 0 Å². The molecule has 13 heavy (non-hydrogen) atoms. The standard InChI is InChI=1S/C11H23FO/c12-10-8-6-4-2-1-3-5-7-9-11-13/h13H,1-11H2. The van der Waals surface area contributed by atoms with Crippen LogP contribution < -0.4 is 0 Å². The van der Waals surface area contributed by atoms with Crippen molar-refractivity contribution in [2.75, 3.05) is 13.3 Å². The van der Waals surface area contributed by atoms with Gasteiger partial charge in [-0.3, -0.25) is 4.39 Å². The highest BCUT2D eigenvalue weighted by Gasteiger charge is 1.91. The topological polar surface area (TPSA) is 20.2 Å². The Hall–Kier alpha value is -0.110. The third kappa shape index (κ3) is 11.9. The Labute approximate surface area is 81.3 Å². The summed E-state index contributed by atoms with van der Waals surface area (Å²) < 4.78 is 11.7. The van der Waals surface area contributed by atoms with E-state index in [0.717, 1.165) is 25.7 Å². The number of halogens is 1. The van der Waals surface area contributed by atoms with Gasteiger partial charge < -0.3 is 5.11 Å². The van der Waals surface area contributed by atoms with Crippen LogP contribution >= 0.6 is 0 Å².